The van der Waals surface area contributed by atoms with E-state index in [1.807, 2.05) is 84.7 Å². The minimum atomic E-state index is -0.818. The van der Waals surface area contributed by atoms with E-state index >= 15 is 0 Å². The van der Waals surface area contributed by atoms with E-state index in [-0.39, 0.29) is 32.2 Å². The molecule has 3 heterocycles. The van der Waals surface area contributed by atoms with E-state index < -0.39 is 23.7 Å². The summed E-state index contributed by atoms with van der Waals surface area (Å²) in [6.07, 6.45) is 3.64. The number of hydrogen-bond donors (Lipinski definition) is 2. The van der Waals surface area contributed by atoms with Crippen LogP contribution >= 0.6 is 0 Å². The molecule has 1 saturated heterocycles. The van der Waals surface area contributed by atoms with Crippen LogP contribution in [0.5, 0.6) is 0 Å². The summed E-state index contributed by atoms with van der Waals surface area (Å²) in [5.74, 6) is 0.584. The van der Waals surface area contributed by atoms with Crippen molar-refractivity contribution in [1.29, 1.82) is 0 Å². The number of aromatic nitrogens is 3. The van der Waals surface area contributed by atoms with E-state index in [0.29, 0.717) is 44.2 Å². The molecule has 0 bridgehead atoms. The summed E-state index contributed by atoms with van der Waals surface area (Å²) in [6, 6.07) is 21.7. The van der Waals surface area contributed by atoms with E-state index in [0.717, 1.165) is 28.2 Å². The van der Waals surface area contributed by atoms with Crippen LogP contribution in [0, 0.1) is 0 Å². The lowest BCUT2D eigenvalue weighted by atomic mass is 10.1. The second kappa shape index (κ2) is 18.4. The Labute approximate surface area is 316 Å². The molecule has 4 aromatic rings. The van der Waals surface area contributed by atoms with Gasteiger partial charge in [0.1, 0.15) is 24.1 Å². The molecule has 14 nitrogen and oxygen atoms in total. The second-order valence-corrected chi connectivity index (χ2v) is 14.3. The molecule has 0 radical (unpaired) electrons. The number of hydrogen-bond acceptors (Lipinski definition) is 12. The van der Waals surface area contributed by atoms with Crippen molar-refractivity contribution in [2.24, 2.45) is 0 Å². The number of anilines is 3. The molecule has 2 aromatic carbocycles. The average molecular weight is 739 g/mol. The largest absolute Gasteiger partial charge is 0.460 e. The molecule has 286 valence electrons. The molecule has 0 spiro atoms. The molecular formula is C40H50N8O6. The summed E-state index contributed by atoms with van der Waals surface area (Å²) < 4.78 is 11.2. The number of likely N-dealkylation sites (N-methyl/N-ethyl adjacent to an activating group) is 1. The minimum Gasteiger partial charge on any atom is -0.460 e. The third-order valence-electron chi connectivity index (χ3n) is 8.85. The van der Waals surface area contributed by atoms with Crippen LogP contribution in [-0.2, 0) is 32.3 Å². The molecular weight excluding hydrogens is 688 g/mol. The van der Waals surface area contributed by atoms with Crippen molar-refractivity contribution in [3.63, 3.8) is 0 Å². The van der Waals surface area contributed by atoms with Crippen molar-refractivity contribution < 1.29 is 29.0 Å². The topological polar surface area (TPSA) is 154 Å². The van der Waals surface area contributed by atoms with Crippen LogP contribution in [0.15, 0.2) is 85.2 Å². The van der Waals surface area contributed by atoms with Crippen molar-refractivity contribution in [3.05, 3.63) is 96.3 Å². The van der Waals surface area contributed by atoms with E-state index in [9.17, 15) is 19.5 Å². The SMILES string of the molecule is CN(CCCN(C)c1ccc(-c2ccnc(Nc3cccc(CO)c3)n2)cn1)C(=O)CN1CCN(C(=O)OC(C)(C)C)CC1C(=O)OCc1ccccc1. The van der Waals surface area contributed by atoms with Gasteiger partial charge in [-0.1, -0.05) is 42.5 Å². The highest BCUT2D eigenvalue weighted by Gasteiger charge is 2.38. The minimum absolute atomic E-state index is 0.0118. The first-order chi connectivity index (χ1) is 25.9. The number of amides is 2. The maximum atomic E-state index is 13.4. The molecule has 2 aromatic heterocycles. The highest BCUT2D eigenvalue weighted by atomic mass is 16.6. The van der Waals surface area contributed by atoms with Crippen molar-refractivity contribution in [1.82, 2.24) is 29.7 Å². The van der Waals surface area contributed by atoms with E-state index in [1.165, 1.54) is 4.90 Å². The molecule has 2 N–H and O–H groups in total. The van der Waals surface area contributed by atoms with Gasteiger partial charge in [-0.3, -0.25) is 14.5 Å². The normalized spacial score (nSPS) is 14.6. The van der Waals surface area contributed by atoms with Crippen LogP contribution in [0.4, 0.5) is 22.2 Å². The van der Waals surface area contributed by atoms with Crippen LogP contribution in [0.1, 0.15) is 38.3 Å². The number of rotatable bonds is 14. The maximum Gasteiger partial charge on any atom is 0.410 e. The summed E-state index contributed by atoms with van der Waals surface area (Å²) in [7, 11) is 3.70. The molecule has 1 fully saturated rings. The Balaban J connectivity index is 1.12. The number of esters is 1. The molecule has 1 aliphatic rings. The lowest BCUT2D eigenvalue weighted by Crippen LogP contribution is -2.60. The fourth-order valence-electron chi connectivity index (χ4n) is 5.85. The zero-order chi connectivity index (χ0) is 38.7. The Morgan fingerprint density at radius 1 is 0.944 bits per heavy atom. The summed E-state index contributed by atoms with van der Waals surface area (Å²) in [6.45, 7) is 7.29. The third-order valence-corrected chi connectivity index (χ3v) is 8.85. The number of ether oxygens (including phenoxy) is 2. The summed E-state index contributed by atoms with van der Waals surface area (Å²) >= 11 is 0. The predicted octanol–water partition coefficient (Wildman–Crippen LogP) is 4.72. The third kappa shape index (κ3) is 11.4. The van der Waals surface area contributed by atoms with Crippen LogP contribution < -0.4 is 10.2 Å². The molecule has 5 rings (SSSR count). The monoisotopic (exact) mass is 738 g/mol. The van der Waals surface area contributed by atoms with Gasteiger partial charge in [-0.25, -0.2) is 19.7 Å². The van der Waals surface area contributed by atoms with Gasteiger partial charge < -0.3 is 34.6 Å². The zero-order valence-corrected chi connectivity index (χ0v) is 31.6. The maximum absolute atomic E-state index is 13.4. The lowest BCUT2D eigenvalue weighted by Gasteiger charge is -2.40. The molecule has 14 heteroatoms. The molecule has 54 heavy (non-hydrogen) atoms. The fourth-order valence-corrected chi connectivity index (χ4v) is 5.85. The molecule has 1 unspecified atom stereocenters. The lowest BCUT2D eigenvalue weighted by molar-refractivity contribution is -0.154. The van der Waals surface area contributed by atoms with Crippen molar-refractivity contribution in [3.8, 4) is 11.3 Å². The second-order valence-electron chi connectivity index (χ2n) is 14.3. The molecule has 0 aliphatic carbocycles. The van der Waals surface area contributed by atoms with Gasteiger partial charge in [0.2, 0.25) is 11.9 Å². The first-order valence-corrected chi connectivity index (χ1v) is 18.0. The summed E-state index contributed by atoms with van der Waals surface area (Å²) in [4.78, 5) is 60.2. The molecule has 0 saturated carbocycles. The summed E-state index contributed by atoms with van der Waals surface area (Å²) in [5, 5.41) is 12.6. The van der Waals surface area contributed by atoms with Gasteiger partial charge in [-0.05, 0) is 68.7 Å². The smallest absolute Gasteiger partial charge is 0.410 e. The van der Waals surface area contributed by atoms with Gasteiger partial charge in [0.15, 0.2) is 0 Å². The predicted molar refractivity (Wildman–Crippen MR) is 206 cm³/mol. The first-order valence-electron chi connectivity index (χ1n) is 18.0. The quantitative estimate of drug-likeness (QED) is 0.172. The van der Waals surface area contributed by atoms with Crippen LogP contribution in [0.3, 0.4) is 0 Å². The van der Waals surface area contributed by atoms with E-state index in [4.69, 9.17) is 9.47 Å². The highest BCUT2D eigenvalue weighted by Crippen LogP contribution is 2.22. The van der Waals surface area contributed by atoms with E-state index in [2.05, 4.69) is 20.3 Å². The first kappa shape index (κ1) is 39.6. The van der Waals surface area contributed by atoms with Crippen molar-refractivity contribution in [2.75, 3.05) is 63.6 Å². The van der Waals surface area contributed by atoms with Crippen LogP contribution in [0.25, 0.3) is 11.3 Å². The number of pyridine rings is 1. The van der Waals surface area contributed by atoms with Gasteiger partial charge in [-0.2, -0.15) is 0 Å². The Kier molecular flexibility index (Phi) is 13.5. The van der Waals surface area contributed by atoms with E-state index in [1.54, 1.807) is 50.0 Å². The Bertz CT molecular complexity index is 1850. The van der Waals surface area contributed by atoms with Crippen LogP contribution in [-0.4, -0.2) is 118 Å². The number of aliphatic hydroxyl groups is 1. The van der Waals surface area contributed by atoms with Gasteiger partial charge in [0.25, 0.3) is 0 Å². The van der Waals surface area contributed by atoms with Gasteiger partial charge in [0, 0.05) is 63.9 Å². The molecule has 2 amide bonds. The molecule has 1 atom stereocenters. The number of carbonyl (C=O) groups is 3. The van der Waals surface area contributed by atoms with Crippen LogP contribution in [0.2, 0.25) is 0 Å². The standard InChI is InChI=1S/C40H50N8O6/c1-40(2,3)54-39(52)48-22-21-47(34(25-48)37(51)53-28-29-11-7-6-8-12-29)26-36(50)46(5)20-10-19-45(4)35-16-15-31(24-42-35)33-17-18-41-38(44-33)43-32-14-9-13-30(23-32)27-49/h6-9,11-18,23-24,34,49H,10,19-22,25-28H2,1-5H3,(H,41,43,44). The molecule has 1 aliphatic heterocycles. The number of benzene rings is 2. The number of aliphatic hydroxyl groups excluding tert-OH is 1. The van der Waals surface area contributed by atoms with Crippen molar-refractivity contribution >= 4 is 35.4 Å². The average Bonchev–Trinajstić information content (AvgIpc) is 3.17. The number of carbonyl (C=O) groups excluding carboxylic acids is 3. The number of nitrogens with one attached hydrogen (secondary N) is 1. The number of nitrogens with zero attached hydrogens (tertiary/aromatic N) is 7. The fraction of sp³-hybridized carbons (Fsp3) is 0.400. The zero-order valence-electron chi connectivity index (χ0n) is 31.6. The van der Waals surface area contributed by atoms with Gasteiger partial charge >= 0.3 is 12.1 Å². The van der Waals surface area contributed by atoms with Gasteiger partial charge in [-0.15, -0.1) is 0 Å². The Morgan fingerprint density at radius 2 is 1.72 bits per heavy atom. The summed E-state index contributed by atoms with van der Waals surface area (Å²) in [5.41, 5.74) is 3.28. The highest BCUT2D eigenvalue weighted by molar-refractivity contribution is 5.81. The van der Waals surface area contributed by atoms with Crippen molar-refractivity contribution in [2.45, 2.75) is 52.0 Å². The Hall–Kier alpha value is -5.60. The Morgan fingerprint density at radius 3 is 2.44 bits per heavy atom. The number of piperazine rings is 1. The van der Waals surface area contributed by atoms with Gasteiger partial charge in [0.05, 0.1) is 25.4 Å².